The minimum atomic E-state index is -3.69. The average molecular weight is 301 g/mol. The van der Waals surface area contributed by atoms with Crippen LogP contribution in [-0.2, 0) is 10.0 Å². The lowest BCUT2D eigenvalue weighted by Crippen LogP contribution is -2.24. The molecule has 0 atom stereocenters. The van der Waals surface area contributed by atoms with Crippen molar-refractivity contribution in [3.8, 4) is 0 Å². The number of hydrogen-bond donors (Lipinski definition) is 1. The van der Waals surface area contributed by atoms with E-state index >= 15 is 0 Å². The first-order valence-corrected chi connectivity index (χ1v) is 7.60. The number of nitrogens with zero attached hydrogens (tertiary/aromatic N) is 2. The quantitative estimate of drug-likeness (QED) is 0.636. The summed E-state index contributed by atoms with van der Waals surface area (Å²) in [6, 6.07) is 3.91. The molecule has 0 aromatic heterocycles. The molecule has 1 rings (SSSR count). The molecule has 0 amide bonds. The number of nitro benzene ring substituents is 1. The Morgan fingerprint density at radius 2 is 2.00 bits per heavy atom. The van der Waals surface area contributed by atoms with Crippen LogP contribution in [0.5, 0.6) is 0 Å². The maximum absolute atomic E-state index is 11.7. The lowest BCUT2D eigenvalue weighted by molar-refractivity contribution is -0.384. The minimum absolute atomic E-state index is 0.117. The molecular weight excluding hydrogens is 282 g/mol. The Bertz CT molecular complexity index is 599. The number of sulfonamides is 1. The first-order chi connectivity index (χ1) is 9.19. The van der Waals surface area contributed by atoms with Crippen LogP contribution in [0.2, 0.25) is 0 Å². The van der Waals surface area contributed by atoms with Gasteiger partial charge in [0.15, 0.2) is 0 Å². The molecule has 1 aromatic rings. The highest BCUT2D eigenvalue weighted by atomic mass is 32.2. The van der Waals surface area contributed by atoms with Gasteiger partial charge in [0.25, 0.3) is 5.69 Å². The molecule has 0 saturated carbocycles. The summed E-state index contributed by atoms with van der Waals surface area (Å²) >= 11 is 0. The van der Waals surface area contributed by atoms with Crippen molar-refractivity contribution in [3.63, 3.8) is 0 Å². The van der Waals surface area contributed by atoms with Crippen LogP contribution in [0.15, 0.2) is 23.1 Å². The summed E-state index contributed by atoms with van der Waals surface area (Å²) in [5.41, 5.74) is 0.184. The second kappa shape index (κ2) is 6.19. The van der Waals surface area contributed by atoms with Crippen molar-refractivity contribution in [1.82, 2.24) is 4.72 Å². The summed E-state index contributed by atoms with van der Waals surface area (Å²) in [6.07, 6.45) is 0. The summed E-state index contributed by atoms with van der Waals surface area (Å²) in [5.74, 6) is 0.334. The average Bonchev–Trinajstić information content (AvgIpc) is 2.37. The van der Waals surface area contributed by atoms with Crippen LogP contribution in [0.25, 0.3) is 0 Å². The molecule has 0 radical (unpaired) electrons. The van der Waals surface area contributed by atoms with E-state index < -0.39 is 14.9 Å². The summed E-state index contributed by atoms with van der Waals surface area (Å²) in [5, 5.41) is 11.1. The summed E-state index contributed by atoms with van der Waals surface area (Å²) in [7, 11) is -0.684. The van der Waals surface area contributed by atoms with Crippen molar-refractivity contribution >= 4 is 21.4 Å². The highest BCUT2D eigenvalue weighted by molar-refractivity contribution is 7.89. The van der Waals surface area contributed by atoms with E-state index in [2.05, 4.69) is 4.72 Å². The van der Waals surface area contributed by atoms with Gasteiger partial charge in [-0.1, -0.05) is 13.8 Å². The number of rotatable bonds is 6. The number of nitro groups is 1. The van der Waals surface area contributed by atoms with Crippen LogP contribution in [0, 0.1) is 16.0 Å². The van der Waals surface area contributed by atoms with E-state index in [0.717, 1.165) is 6.07 Å². The van der Waals surface area contributed by atoms with Gasteiger partial charge in [-0.25, -0.2) is 13.1 Å². The zero-order chi connectivity index (χ0) is 15.5. The Balaban J connectivity index is 3.32. The van der Waals surface area contributed by atoms with Crippen LogP contribution in [0.3, 0.4) is 0 Å². The molecule has 20 heavy (non-hydrogen) atoms. The van der Waals surface area contributed by atoms with Crippen molar-refractivity contribution in [2.24, 2.45) is 5.92 Å². The molecule has 8 heteroatoms. The normalized spacial score (nSPS) is 11.7. The van der Waals surface area contributed by atoms with Crippen LogP contribution >= 0.6 is 0 Å². The third-order valence-electron chi connectivity index (χ3n) is 2.77. The van der Waals surface area contributed by atoms with Gasteiger partial charge in [0.2, 0.25) is 10.0 Å². The molecule has 0 spiro atoms. The van der Waals surface area contributed by atoms with Crippen molar-refractivity contribution in [2.75, 3.05) is 25.5 Å². The second-order valence-electron chi connectivity index (χ2n) is 4.89. The van der Waals surface area contributed by atoms with Crippen LogP contribution in [0.4, 0.5) is 11.4 Å². The van der Waals surface area contributed by atoms with Gasteiger partial charge in [-0.15, -0.1) is 0 Å². The number of anilines is 1. The van der Waals surface area contributed by atoms with Crippen LogP contribution in [0.1, 0.15) is 13.8 Å². The molecule has 0 aliphatic carbocycles. The monoisotopic (exact) mass is 301 g/mol. The fourth-order valence-corrected chi connectivity index (χ4v) is 2.65. The lowest BCUT2D eigenvalue weighted by Gasteiger charge is -2.21. The standard InChI is InChI=1S/C12H19N3O4S/c1-9(2)8-14(4)11-6-5-10(20(18,19)13-3)7-12(11)15(16)17/h5-7,9,13H,8H2,1-4H3. The Kier molecular flexibility index (Phi) is 5.07. The van der Waals surface area contributed by atoms with Crippen LogP contribution < -0.4 is 9.62 Å². The maximum atomic E-state index is 11.7. The van der Waals surface area contributed by atoms with E-state index in [1.807, 2.05) is 13.8 Å². The van der Waals surface area contributed by atoms with Crippen molar-refractivity contribution in [1.29, 1.82) is 0 Å². The summed E-state index contributed by atoms with van der Waals surface area (Å²) in [6.45, 7) is 4.64. The number of benzene rings is 1. The third kappa shape index (κ3) is 3.67. The van der Waals surface area contributed by atoms with Crippen LogP contribution in [-0.4, -0.2) is 34.0 Å². The molecule has 7 nitrogen and oxygen atoms in total. The first-order valence-electron chi connectivity index (χ1n) is 6.12. The van der Waals surface area contributed by atoms with Crippen molar-refractivity contribution in [3.05, 3.63) is 28.3 Å². The minimum Gasteiger partial charge on any atom is -0.369 e. The van der Waals surface area contributed by atoms with Crippen molar-refractivity contribution in [2.45, 2.75) is 18.7 Å². The van der Waals surface area contributed by atoms with Gasteiger partial charge in [0.1, 0.15) is 5.69 Å². The van der Waals surface area contributed by atoms with Gasteiger partial charge in [-0.05, 0) is 25.1 Å². The van der Waals surface area contributed by atoms with Gasteiger partial charge < -0.3 is 4.90 Å². The number of hydrogen-bond acceptors (Lipinski definition) is 5. The molecule has 0 saturated heterocycles. The molecule has 0 aliphatic rings. The zero-order valence-electron chi connectivity index (χ0n) is 12.0. The van der Waals surface area contributed by atoms with Crippen molar-refractivity contribution < 1.29 is 13.3 Å². The predicted molar refractivity (Wildman–Crippen MR) is 77.4 cm³/mol. The summed E-state index contributed by atoms with van der Waals surface area (Å²) in [4.78, 5) is 12.2. The van der Waals surface area contributed by atoms with Gasteiger partial charge in [-0.3, -0.25) is 10.1 Å². The first kappa shape index (κ1) is 16.4. The van der Waals surface area contributed by atoms with E-state index in [4.69, 9.17) is 0 Å². The predicted octanol–water partition coefficient (Wildman–Crippen LogP) is 1.60. The zero-order valence-corrected chi connectivity index (χ0v) is 12.8. The molecule has 1 N–H and O–H groups in total. The van der Waals surface area contributed by atoms with E-state index in [0.29, 0.717) is 18.2 Å². The van der Waals surface area contributed by atoms with E-state index in [1.54, 1.807) is 11.9 Å². The highest BCUT2D eigenvalue weighted by Gasteiger charge is 2.22. The van der Waals surface area contributed by atoms with E-state index in [9.17, 15) is 18.5 Å². The molecule has 0 aliphatic heterocycles. The fourth-order valence-electron chi connectivity index (χ4n) is 1.90. The van der Waals surface area contributed by atoms with Gasteiger partial charge in [0, 0.05) is 19.7 Å². The number of nitrogens with one attached hydrogen (secondary N) is 1. The Labute approximate surface area is 118 Å². The molecule has 0 fully saturated rings. The highest BCUT2D eigenvalue weighted by Crippen LogP contribution is 2.30. The Morgan fingerprint density at radius 1 is 1.40 bits per heavy atom. The Morgan fingerprint density at radius 3 is 2.45 bits per heavy atom. The van der Waals surface area contributed by atoms with E-state index in [1.165, 1.54) is 19.2 Å². The molecular formula is C12H19N3O4S. The molecule has 112 valence electrons. The third-order valence-corrected chi connectivity index (χ3v) is 4.18. The molecule has 0 bridgehead atoms. The van der Waals surface area contributed by atoms with Gasteiger partial charge in [-0.2, -0.15) is 0 Å². The van der Waals surface area contributed by atoms with E-state index in [-0.39, 0.29) is 10.6 Å². The lowest BCUT2D eigenvalue weighted by atomic mass is 10.2. The largest absolute Gasteiger partial charge is 0.369 e. The SMILES string of the molecule is CNS(=O)(=O)c1ccc(N(C)CC(C)C)c([N+](=O)[O-])c1. The topological polar surface area (TPSA) is 92.6 Å². The molecule has 1 aromatic carbocycles. The fraction of sp³-hybridized carbons (Fsp3) is 0.500. The molecule has 0 unspecified atom stereocenters. The smallest absolute Gasteiger partial charge is 0.293 e. The maximum Gasteiger partial charge on any atom is 0.293 e. The Hall–Kier alpha value is -1.67. The molecule has 0 heterocycles. The second-order valence-corrected chi connectivity index (χ2v) is 6.78. The summed E-state index contributed by atoms with van der Waals surface area (Å²) < 4.78 is 25.5. The van der Waals surface area contributed by atoms with Gasteiger partial charge in [0.05, 0.1) is 9.82 Å². The van der Waals surface area contributed by atoms with Gasteiger partial charge >= 0.3 is 0 Å².